The molecule has 0 aliphatic carbocycles. The van der Waals surface area contributed by atoms with Crippen LogP contribution in [0.5, 0.6) is 0 Å². The Morgan fingerprint density at radius 1 is 0.577 bits per heavy atom. The Kier molecular flexibility index (Phi) is 15.8. The summed E-state index contributed by atoms with van der Waals surface area (Å²) in [5.74, 6) is 0.894. The van der Waals surface area contributed by atoms with Crippen molar-refractivity contribution in [3.8, 4) is 0 Å². The van der Waals surface area contributed by atoms with Crippen molar-refractivity contribution in [3.63, 3.8) is 0 Å². The van der Waals surface area contributed by atoms with E-state index in [0.717, 1.165) is 12.0 Å². The molecule has 1 nitrogen and oxygen atoms in total. The number of unbranched alkanes of at least 4 members (excludes halogenated alkanes) is 11. The molecule has 0 bridgehead atoms. The predicted molar refractivity (Wildman–Crippen MR) is 119 cm³/mol. The maximum absolute atomic E-state index is 2.82. The molecule has 1 saturated heterocycles. The zero-order chi connectivity index (χ0) is 18.9. The van der Waals surface area contributed by atoms with E-state index in [4.69, 9.17) is 0 Å². The molecular formula is C25H51N. The maximum atomic E-state index is 2.82. The van der Waals surface area contributed by atoms with Crippen molar-refractivity contribution in [1.82, 2.24) is 4.90 Å². The number of hydrogen-bond acceptors (Lipinski definition) is 1. The van der Waals surface area contributed by atoms with E-state index in [-0.39, 0.29) is 0 Å². The van der Waals surface area contributed by atoms with Crippen LogP contribution in [-0.2, 0) is 0 Å². The van der Waals surface area contributed by atoms with Gasteiger partial charge in [0, 0.05) is 6.04 Å². The molecule has 1 fully saturated rings. The smallest absolute Gasteiger partial charge is 0.00952 e. The maximum Gasteiger partial charge on any atom is 0.00952 e. The van der Waals surface area contributed by atoms with Crippen LogP contribution >= 0.6 is 0 Å². The molecule has 1 heteroatoms. The molecule has 1 aliphatic rings. The molecule has 1 atom stereocenters. The second-order valence-electron chi connectivity index (χ2n) is 9.40. The molecule has 0 aromatic rings. The van der Waals surface area contributed by atoms with Crippen LogP contribution in [0.15, 0.2) is 0 Å². The second kappa shape index (κ2) is 17.1. The third-order valence-electron chi connectivity index (χ3n) is 6.37. The van der Waals surface area contributed by atoms with Crippen molar-refractivity contribution in [3.05, 3.63) is 0 Å². The van der Waals surface area contributed by atoms with Gasteiger partial charge in [-0.25, -0.2) is 0 Å². The summed E-state index contributed by atoms with van der Waals surface area (Å²) in [5.41, 5.74) is 0. The quantitative estimate of drug-likeness (QED) is 0.220. The Morgan fingerprint density at radius 2 is 1.00 bits per heavy atom. The van der Waals surface area contributed by atoms with Gasteiger partial charge in [0.2, 0.25) is 0 Å². The average molecular weight is 366 g/mol. The lowest BCUT2D eigenvalue weighted by atomic mass is 9.99. The monoisotopic (exact) mass is 365 g/mol. The summed E-state index contributed by atoms with van der Waals surface area (Å²) < 4.78 is 0. The van der Waals surface area contributed by atoms with E-state index in [9.17, 15) is 0 Å². The zero-order valence-electron chi connectivity index (χ0n) is 18.7. The fourth-order valence-corrected chi connectivity index (χ4v) is 4.59. The number of nitrogens with zero attached hydrogens (tertiary/aromatic N) is 1. The van der Waals surface area contributed by atoms with Crippen molar-refractivity contribution in [1.29, 1.82) is 0 Å². The lowest BCUT2D eigenvalue weighted by molar-refractivity contribution is 0.209. The van der Waals surface area contributed by atoms with Crippen LogP contribution < -0.4 is 0 Å². The van der Waals surface area contributed by atoms with Crippen LogP contribution in [0.25, 0.3) is 0 Å². The first-order valence-electron chi connectivity index (χ1n) is 12.5. The normalized spacial score (nSPS) is 16.6. The third-order valence-corrected chi connectivity index (χ3v) is 6.37. The highest BCUT2D eigenvalue weighted by Gasteiger charge is 2.20. The molecule has 1 heterocycles. The summed E-state index contributed by atoms with van der Waals surface area (Å²) >= 11 is 0. The molecule has 1 unspecified atom stereocenters. The summed E-state index contributed by atoms with van der Waals surface area (Å²) in [6, 6.07) is 0.912. The van der Waals surface area contributed by atoms with Crippen molar-refractivity contribution < 1.29 is 0 Å². The molecule has 0 amide bonds. The van der Waals surface area contributed by atoms with E-state index in [1.165, 1.54) is 129 Å². The third kappa shape index (κ3) is 13.2. The summed E-state index contributed by atoms with van der Waals surface area (Å²) in [4.78, 5) is 2.82. The Bertz CT molecular complexity index is 280. The van der Waals surface area contributed by atoms with Crippen molar-refractivity contribution in [2.75, 3.05) is 13.1 Å². The fourth-order valence-electron chi connectivity index (χ4n) is 4.59. The van der Waals surface area contributed by atoms with Gasteiger partial charge in [-0.05, 0) is 44.7 Å². The topological polar surface area (TPSA) is 3.24 Å². The summed E-state index contributed by atoms with van der Waals surface area (Å²) in [5, 5.41) is 0. The highest BCUT2D eigenvalue weighted by molar-refractivity contribution is 4.76. The second-order valence-corrected chi connectivity index (χ2v) is 9.40. The van der Waals surface area contributed by atoms with E-state index in [2.05, 4.69) is 25.7 Å². The first kappa shape index (κ1) is 24.0. The highest BCUT2D eigenvalue weighted by atomic mass is 15.2. The summed E-state index contributed by atoms with van der Waals surface area (Å²) in [6.45, 7) is 9.78. The number of hydrogen-bond donors (Lipinski definition) is 0. The predicted octanol–water partition coefficient (Wildman–Crippen LogP) is 8.37. The average Bonchev–Trinajstić information content (AvgIpc) is 3.15. The molecule has 0 N–H and O–H groups in total. The van der Waals surface area contributed by atoms with Crippen LogP contribution in [0.4, 0.5) is 0 Å². The SMILES string of the molecule is CCCCCCC(CCCCCCCCCCCC(C)C)N1CCCC1. The molecule has 0 spiro atoms. The van der Waals surface area contributed by atoms with Crippen LogP contribution in [-0.4, -0.2) is 24.0 Å². The minimum Gasteiger partial charge on any atom is -0.300 e. The minimum absolute atomic E-state index is 0.894. The fraction of sp³-hybridized carbons (Fsp3) is 1.00. The van der Waals surface area contributed by atoms with Gasteiger partial charge in [-0.3, -0.25) is 0 Å². The van der Waals surface area contributed by atoms with E-state index in [1.807, 2.05) is 0 Å². The van der Waals surface area contributed by atoms with Crippen LogP contribution in [0.3, 0.4) is 0 Å². The van der Waals surface area contributed by atoms with Crippen molar-refractivity contribution in [2.24, 2.45) is 5.92 Å². The molecule has 26 heavy (non-hydrogen) atoms. The molecule has 0 aromatic carbocycles. The van der Waals surface area contributed by atoms with Gasteiger partial charge in [-0.2, -0.15) is 0 Å². The molecule has 156 valence electrons. The van der Waals surface area contributed by atoms with Gasteiger partial charge in [0.25, 0.3) is 0 Å². The van der Waals surface area contributed by atoms with Gasteiger partial charge in [-0.15, -0.1) is 0 Å². The standard InChI is InChI=1S/C25H51N/c1-4-5-6-15-20-25(26-22-17-18-23-26)21-16-13-11-9-7-8-10-12-14-19-24(2)3/h24-25H,4-23H2,1-3H3. The van der Waals surface area contributed by atoms with E-state index in [1.54, 1.807) is 0 Å². The molecule has 0 aromatic heterocycles. The van der Waals surface area contributed by atoms with Gasteiger partial charge < -0.3 is 4.90 Å². The molecular weight excluding hydrogens is 314 g/mol. The Hall–Kier alpha value is -0.0400. The van der Waals surface area contributed by atoms with Crippen LogP contribution in [0.2, 0.25) is 0 Å². The largest absolute Gasteiger partial charge is 0.300 e. The van der Waals surface area contributed by atoms with Crippen LogP contribution in [0.1, 0.15) is 136 Å². The van der Waals surface area contributed by atoms with E-state index >= 15 is 0 Å². The van der Waals surface area contributed by atoms with Crippen molar-refractivity contribution in [2.45, 2.75) is 142 Å². The zero-order valence-corrected chi connectivity index (χ0v) is 18.7. The van der Waals surface area contributed by atoms with E-state index in [0.29, 0.717) is 0 Å². The van der Waals surface area contributed by atoms with Gasteiger partial charge in [0.05, 0.1) is 0 Å². The van der Waals surface area contributed by atoms with Gasteiger partial charge in [-0.1, -0.05) is 111 Å². The highest BCUT2D eigenvalue weighted by Crippen LogP contribution is 2.22. The molecule has 1 rings (SSSR count). The van der Waals surface area contributed by atoms with E-state index < -0.39 is 0 Å². The van der Waals surface area contributed by atoms with Gasteiger partial charge in [0.1, 0.15) is 0 Å². The molecule has 0 saturated carbocycles. The first-order valence-corrected chi connectivity index (χ1v) is 12.5. The Morgan fingerprint density at radius 3 is 1.46 bits per heavy atom. The Labute approximate surface area is 166 Å². The lowest BCUT2D eigenvalue weighted by Crippen LogP contribution is -2.32. The number of likely N-dealkylation sites (tertiary alicyclic amines) is 1. The summed E-state index contributed by atoms with van der Waals surface area (Å²) in [6.07, 6.45) is 26.3. The summed E-state index contributed by atoms with van der Waals surface area (Å²) in [7, 11) is 0. The van der Waals surface area contributed by atoms with Gasteiger partial charge in [0.15, 0.2) is 0 Å². The first-order chi connectivity index (χ1) is 12.7. The van der Waals surface area contributed by atoms with Crippen LogP contribution in [0, 0.1) is 5.92 Å². The van der Waals surface area contributed by atoms with Gasteiger partial charge >= 0.3 is 0 Å². The minimum atomic E-state index is 0.894. The number of rotatable bonds is 18. The van der Waals surface area contributed by atoms with Crippen molar-refractivity contribution >= 4 is 0 Å². The molecule has 1 aliphatic heterocycles. The Balaban J connectivity index is 1.96. The molecule has 0 radical (unpaired) electrons. The lowest BCUT2D eigenvalue weighted by Gasteiger charge is -2.27.